The number of carbonyl (C=O) groups is 2. The predicted molar refractivity (Wildman–Crippen MR) is 87.1 cm³/mol. The Labute approximate surface area is 134 Å². The van der Waals surface area contributed by atoms with Crippen molar-refractivity contribution in [2.24, 2.45) is 0 Å². The standard InChI is InChI=1S/C17H19NO3S/c1-12-8-9-14(22-12)11-16(19)18(2)15(17(20)21)10-13-6-4-3-5-7-13/h3-9,15H,10-11H2,1-2H3,(H,20,21). The van der Waals surface area contributed by atoms with Crippen LogP contribution in [0, 0.1) is 6.92 Å². The fourth-order valence-corrected chi connectivity index (χ4v) is 3.14. The number of nitrogens with zero attached hydrogens (tertiary/aromatic N) is 1. The molecule has 0 saturated carbocycles. The lowest BCUT2D eigenvalue weighted by atomic mass is 10.0. The van der Waals surface area contributed by atoms with E-state index < -0.39 is 12.0 Å². The van der Waals surface area contributed by atoms with Gasteiger partial charge in [0.25, 0.3) is 0 Å². The molecule has 5 heteroatoms. The molecule has 1 aromatic heterocycles. The van der Waals surface area contributed by atoms with Crippen molar-refractivity contribution in [3.05, 3.63) is 57.8 Å². The van der Waals surface area contributed by atoms with E-state index in [-0.39, 0.29) is 12.3 Å². The predicted octanol–water partition coefficient (Wildman–Crippen LogP) is 2.75. The third-order valence-electron chi connectivity index (χ3n) is 3.54. The first-order chi connectivity index (χ1) is 10.5. The van der Waals surface area contributed by atoms with Gasteiger partial charge in [0, 0.05) is 23.2 Å². The molecule has 1 amide bonds. The van der Waals surface area contributed by atoms with E-state index in [0.29, 0.717) is 6.42 Å². The van der Waals surface area contributed by atoms with Gasteiger partial charge in [0.05, 0.1) is 6.42 Å². The summed E-state index contributed by atoms with van der Waals surface area (Å²) in [5, 5.41) is 9.43. The van der Waals surface area contributed by atoms with Crippen molar-refractivity contribution in [2.45, 2.75) is 25.8 Å². The maximum atomic E-state index is 12.3. The zero-order valence-electron chi connectivity index (χ0n) is 12.7. The molecule has 0 fully saturated rings. The van der Waals surface area contributed by atoms with Crippen LogP contribution in [0.4, 0.5) is 0 Å². The lowest BCUT2D eigenvalue weighted by Gasteiger charge is -2.25. The molecule has 1 aromatic carbocycles. The van der Waals surface area contributed by atoms with Crippen molar-refractivity contribution in [1.29, 1.82) is 0 Å². The molecule has 22 heavy (non-hydrogen) atoms. The Balaban J connectivity index is 2.07. The van der Waals surface area contributed by atoms with E-state index in [1.165, 1.54) is 4.90 Å². The summed E-state index contributed by atoms with van der Waals surface area (Å²) in [5.41, 5.74) is 0.904. The van der Waals surface area contributed by atoms with Crippen molar-refractivity contribution in [1.82, 2.24) is 4.90 Å². The van der Waals surface area contributed by atoms with Gasteiger partial charge in [0.15, 0.2) is 0 Å². The van der Waals surface area contributed by atoms with Gasteiger partial charge in [-0.05, 0) is 24.6 Å². The summed E-state index contributed by atoms with van der Waals surface area (Å²) >= 11 is 1.56. The number of rotatable bonds is 6. The van der Waals surface area contributed by atoms with Crippen LogP contribution in [-0.2, 0) is 22.4 Å². The Morgan fingerprint density at radius 3 is 2.41 bits per heavy atom. The lowest BCUT2D eigenvalue weighted by molar-refractivity contribution is -0.148. The maximum Gasteiger partial charge on any atom is 0.326 e. The van der Waals surface area contributed by atoms with Gasteiger partial charge in [0.2, 0.25) is 5.91 Å². The third-order valence-corrected chi connectivity index (χ3v) is 4.54. The Morgan fingerprint density at radius 2 is 1.86 bits per heavy atom. The second-order valence-corrected chi connectivity index (χ2v) is 6.61. The first kappa shape index (κ1) is 16.2. The summed E-state index contributed by atoms with van der Waals surface area (Å²) in [4.78, 5) is 27.3. The van der Waals surface area contributed by atoms with Crippen molar-refractivity contribution < 1.29 is 14.7 Å². The minimum Gasteiger partial charge on any atom is -0.480 e. The molecular weight excluding hydrogens is 298 g/mol. The van der Waals surface area contributed by atoms with Crippen LogP contribution in [0.1, 0.15) is 15.3 Å². The fourth-order valence-electron chi connectivity index (χ4n) is 2.25. The van der Waals surface area contributed by atoms with Crippen molar-refractivity contribution in [3.63, 3.8) is 0 Å². The monoisotopic (exact) mass is 317 g/mol. The third kappa shape index (κ3) is 4.18. The zero-order chi connectivity index (χ0) is 16.1. The van der Waals surface area contributed by atoms with Crippen molar-refractivity contribution >= 4 is 23.2 Å². The van der Waals surface area contributed by atoms with Crippen LogP contribution in [-0.4, -0.2) is 35.0 Å². The SMILES string of the molecule is Cc1ccc(CC(=O)N(C)C(Cc2ccccc2)C(=O)O)s1. The van der Waals surface area contributed by atoms with E-state index in [1.807, 2.05) is 49.4 Å². The van der Waals surface area contributed by atoms with Gasteiger partial charge in [-0.15, -0.1) is 11.3 Å². The van der Waals surface area contributed by atoms with Gasteiger partial charge >= 0.3 is 5.97 Å². The first-order valence-electron chi connectivity index (χ1n) is 7.05. The number of amides is 1. The van der Waals surface area contributed by atoms with E-state index in [9.17, 15) is 14.7 Å². The average Bonchev–Trinajstić information content (AvgIpc) is 2.90. The lowest BCUT2D eigenvalue weighted by Crippen LogP contribution is -2.44. The Kier molecular flexibility index (Phi) is 5.33. The number of carboxylic acid groups (broad SMARTS) is 1. The fraction of sp³-hybridized carbons (Fsp3) is 0.294. The number of benzene rings is 1. The summed E-state index contributed by atoms with van der Waals surface area (Å²) in [6.45, 7) is 1.98. The van der Waals surface area contributed by atoms with Gasteiger partial charge in [-0.3, -0.25) is 4.79 Å². The molecule has 1 unspecified atom stereocenters. The second-order valence-electron chi connectivity index (χ2n) is 5.24. The summed E-state index contributed by atoms with van der Waals surface area (Å²) in [5.74, 6) is -1.16. The summed E-state index contributed by atoms with van der Waals surface area (Å²) < 4.78 is 0. The molecule has 0 bridgehead atoms. The van der Waals surface area contributed by atoms with Gasteiger partial charge in [0.1, 0.15) is 6.04 Å². The second kappa shape index (κ2) is 7.22. The molecule has 0 spiro atoms. The first-order valence-corrected chi connectivity index (χ1v) is 7.86. The molecular formula is C17H19NO3S. The number of aryl methyl sites for hydroxylation is 1. The van der Waals surface area contributed by atoms with Gasteiger partial charge in [-0.1, -0.05) is 30.3 Å². The molecule has 0 aliphatic heterocycles. The quantitative estimate of drug-likeness (QED) is 0.891. The molecule has 116 valence electrons. The normalized spacial score (nSPS) is 11.9. The summed E-state index contributed by atoms with van der Waals surface area (Å²) in [7, 11) is 1.56. The highest BCUT2D eigenvalue weighted by molar-refractivity contribution is 7.12. The minimum atomic E-state index is -0.984. The van der Waals surface area contributed by atoms with Gasteiger partial charge in [-0.25, -0.2) is 4.79 Å². The highest BCUT2D eigenvalue weighted by Gasteiger charge is 2.26. The van der Waals surface area contributed by atoms with Crippen LogP contribution >= 0.6 is 11.3 Å². The molecule has 1 atom stereocenters. The van der Waals surface area contributed by atoms with E-state index in [1.54, 1.807) is 18.4 Å². The molecule has 1 N–H and O–H groups in total. The van der Waals surface area contributed by atoms with Gasteiger partial charge in [-0.2, -0.15) is 0 Å². The van der Waals surface area contributed by atoms with E-state index in [0.717, 1.165) is 15.3 Å². The molecule has 1 heterocycles. The maximum absolute atomic E-state index is 12.3. The number of hydrogen-bond acceptors (Lipinski definition) is 3. The molecule has 4 nitrogen and oxygen atoms in total. The summed E-state index contributed by atoms with van der Waals surface area (Å²) in [6, 6.07) is 12.4. The highest BCUT2D eigenvalue weighted by atomic mass is 32.1. The van der Waals surface area contributed by atoms with Crippen LogP contribution in [0.3, 0.4) is 0 Å². The van der Waals surface area contributed by atoms with Gasteiger partial charge < -0.3 is 10.0 Å². The summed E-state index contributed by atoms with van der Waals surface area (Å²) in [6.07, 6.45) is 0.551. The van der Waals surface area contributed by atoms with Crippen molar-refractivity contribution in [2.75, 3.05) is 7.05 Å². The molecule has 2 aromatic rings. The molecule has 0 aliphatic carbocycles. The zero-order valence-corrected chi connectivity index (χ0v) is 13.5. The smallest absolute Gasteiger partial charge is 0.326 e. The van der Waals surface area contributed by atoms with Crippen LogP contribution in [0.2, 0.25) is 0 Å². The van der Waals surface area contributed by atoms with Crippen LogP contribution in [0.15, 0.2) is 42.5 Å². The molecule has 2 rings (SSSR count). The Morgan fingerprint density at radius 1 is 1.18 bits per heavy atom. The average molecular weight is 317 g/mol. The van der Waals surface area contributed by atoms with E-state index in [2.05, 4.69) is 0 Å². The number of carboxylic acids is 1. The Hall–Kier alpha value is -2.14. The number of carbonyl (C=O) groups excluding carboxylic acids is 1. The number of hydrogen-bond donors (Lipinski definition) is 1. The molecule has 0 radical (unpaired) electrons. The Bertz CT molecular complexity index is 651. The molecule has 0 saturated heterocycles. The van der Waals surface area contributed by atoms with Crippen LogP contribution in [0.5, 0.6) is 0 Å². The highest BCUT2D eigenvalue weighted by Crippen LogP contribution is 2.17. The molecule has 0 aliphatic rings. The van der Waals surface area contributed by atoms with Crippen LogP contribution in [0.25, 0.3) is 0 Å². The van der Waals surface area contributed by atoms with E-state index in [4.69, 9.17) is 0 Å². The van der Waals surface area contributed by atoms with Crippen LogP contribution < -0.4 is 0 Å². The number of aliphatic carboxylic acids is 1. The minimum absolute atomic E-state index is 0.176. The van der Waals surface area contributed by atoms with E-state index >= 15 is 0 Å². The number of thiophene rings is 1. The largest absolute Gasteiger partial charge is 0.480 e. The topological polar surface area (TPSA) is 57.6 Å². The van der Waals surface area contributed by atoms with Crippen molar-refractivity contribution in [3.8, 4) is 0 Å². The number of likely N-dealkylation sites (N-methyl/N-ethyl adjacent to an activating group) is 1.